The molecule has 1 aliphatic carbocycles. The molecular weight excluding hydrogens is 160 g/mol. The van der Waals surface area contributed by atoms with E-state index in [0.717, 1.165) is 5.92 Å². The highest BCUT2D eigenvalue weighted by Gasteiger charge is 2.46. The molecule has 1 nitrogen and oxygen atoms in total. The van der Waals surface area contributed by atoms with Crippen molar-refractivity contribution in [2.75, 3.05) is 0 Å². The van der Waals surface area contributed by atoms with Crippen molar-refractivity contribution < 1.29 is 4.74 Å². The average molecular weight is 182 g/mol. The van der Waals surface area contributed by atoms with Crippen molar-refractivity contribution in [2.24, 2.45) is 5.92 Å². The SMILES string of the molecule is CCCCCC[C@@H]1CCC[C@@H]2O[C@H]12. The van der Waals surface area contributed by atoms with Crippen LogP contribution in [0.15, 0.2) is 0 Å². The quantitative estimate of drug-likeness (QED) is 0.468. The van der Waals surface area contributed by atoms with Gasteiger partial charge in [-0.2, -0.15) is 0 Å². The van der Waals surface area contributed by atoms with Gasteiger partial charge in [-0.3, -0.25) is 0 Å². The Balaban J connectivity index is 1.59. The minimum Gasteiger partial charge on any atom is -0.369 e. The monoisotopic (exact) mass is 182 g/mol. The number of hydrogen-bond acceptors (Lipinski definition) is 1. The maximum Gasteiger partial charge on any atom is 0.0869 e. The van der Waals surface area contributed by atoms with E-state index < -0.39 is 0 Å². The zero-order chi connectivity index (χ0) is 9.10. The summed E-state index contributed by atoms with van der Waals surface area (Å²) < 4.78 is 5.65. The summed E-state index contributed by atoms with van der Waals surface area (Å²) in [6.07, 6.45) is 12.6. The zero-order valence-electron chi connectivity index (χ0n) is 8.80. The first-order valence-electron chi connectivity index (χ1n) is 6.07. The minimum atomic E-state index is 0.685. The third-order valence-electron chi connectivity index (χ3n) is 3.58. The van der Waals surface area contributed by atoms with Crippen LogP contribution >= 0.6 is 0 Å². The molecule has 0 aromatic carbocycles. The molecule has 2 rings (SSSR count). The largest absolute Gasteiger partial charge is 0.369 e. The van der Waals surface area contributed by atoms with Gasteiger partial charge in [0, 0.05) is 0 Å². The highest BCUT2D eigenvalue weighted by Crippen LogP contribution is 2.42. The molecule has 0 bridgehead atoms. The fraction of sp³-hybridized carbons (Fsp3) is 1.00. The second kappa shape index (κ2) is 4.45. The summed E-state index contributed by atoms with van der Waals surface area (Å²) in [5, 5.41) is 0. The Hall–Kier alpha value is -0.0400. The number of unbranched alkanes of at least 4 members (excludes halogenated alkanes) is 3. The molecule has 0 aromatic heterocycles. The normalized spacial score (nSPS) is 37.2. The fourth-order valence-electron chi connectivity index (χ4n) is 2.69. The summed E-state index contributed by atoms with van der Waals surface area (Å²) in [5.41, 5.74) is 0. The Bertz CT molecular complexity index is 155. The van der Waals surface area contributed by atoms with Gasteiger partial charge >= 0.3 is 0 Å². The molecule has 2 aliphatic rings. The lowest BCUT2D eigenvalue weighted by Crippen LogP contribution is -2.15. The molecule has 0 aromatic rings. The minimum absolute atomic E-state index is 0.685. The highest BCUT2D eigenvalue weighted by molar-refractivity contribution is 4.94. The third kappa shape index (κ3) is 2.46. The van der Waals surface area contributed by atoms with Crippen molar-refractivity contribution in [1.82, 2.24) is 0 Å². The van der Waals surface area contributed by atoms with E-state index >= 15 is 0 Å². The van der Waals surface area contributed by atoms with Gasteiger partial charge in [-0.05, 0) is 25.2 Å². The molecule has 0 N–H and O–H groups in total. The van der Waals surface area contributed by atoms with Crippen LogP contribution in [0.3, 0.4) is 0 Å². The maximum atomic E-state index is 5.65. The first kappa shape index (κ1) is 9.51. The molecule has 1 heteroatoms. The van der Waals surface area contributed by atoms with Gasteiger partial charge in [0.1, 0.15) is 0 Å². The van der Waals surface area contributed by atoms with E-state index in [-0.39, 0.29) is 0 Å². The van der Waals surface area contributed by atoms with Gasteiger partial charge in [0.25, 0.3) is 0 Å². The van der Waals surface area contributed by atoms with E-state index in [0.29, 0.717) is 12.2 Å². The number of epoxide rings is 1. The lowest BCUT2D eigenvalue weighted by molar-refractivity contribution is 0.302. The molecular formula is C12H22O. The van der Waals surface area contributed by atoms with Crippen molar-refractivity contribution >= 4 is 0 Å². The van der Waals surface area contributed by atoms with Gasteiger partial charge in [0.2, 0.25) is 0 Å². The van der Waals surface area contributed by atoms with E-state index in [1.807, 2.05) is 0 Å². The number of fused-ring (bicyclic) bond motifs is 1. The van der Waals surface area contributed by atoms with Gasteiger partial charge in [-0.15, -0.1) is 0 Å². The van der Waals surface area contributed by atoms with Crippen LogP contribution in [-0.4, -0.2) is 12.2 Å². The maximum absolute atomic E-state index is 5.65. The average Bonchev–Trinajstić information content (AvgIpc) is 2.91. The molecule has 0 unspecified atom stereocenters. The van der Waals surface area contributed by atoms with Crippen LogP contribution in [0, 0.1) is 5.92 Å². The molecule has 1 saturated carbocycles. The van der Waals surface area contributed by atoms with Crippen LogP contribution in [0.5, 0.6) is 0 Å². The second-order valence-electron chi connectivity index (χ2n) is 4.68. The molecule has 1 aliphatic heterocycles. The van der Waals surface area contributed by atoms with Crippen LogP contribution in [0.2, 0.25) is 0 Å². The van der Waals surface area contributed by atoms with Crippen molar-refractivity contribution in [3.63, 3.8) is 0 Å². The number of ether oxygens (including phenoxy) is 1. The molecule has 3 atom stereocenters. The molecule has 0 radical (unpaired) electrons. The lowest BCUT2D eigenvalue weighted by Gasteiger charge is -2.17. The Kier molecular flexibility index (Phi) is 3.26. The van der Waals surface area contributed by atoms with Gasteiger partial charge in [0.15, 0.2) is 0 Å². The summed E-state index contributed by atoms with van der Waals surface area (Å²) in [7, 11) is 0. The summed E-state index contributed by atoms with van der Waals surface area (Å²) in [6, 6.07) is 0. The predicted molar refractivity (Wildman–Crippen MR) is 54.8 cm³/mol. The highest BCUT2D eigenvalue weighted by atomic mass is 16.6. The van der Waals surface area contributed by atoms with Crippen molar-refractivity contribution in [3.8, 4) is 0 Å². The zero-order valence-corrected chi connectivity index (χ0v) is 8.80. The van der Waals surface area contributed by atoms with Crippen molar-refractivity contribution in [2.45, 2.75) is 70.5 Å². The van der Waals surface area contributed by atoms with Crippen LogP contribution < -0.4 is 0 Å². The molecule has 0 spiro atoms. The van der Waals surface area contributed by atoms with Gasteiger partial charge < -0.3 is 4.74 Å². The summed E-state index contributed by atoms with van der Waals surface area (Å²) in [4.78, 5) is 0. The Morgan fingerprint density at radius 2 is 2.08 bits per heavy atom. The fourth-order valence-corrected chi connectivity index (χ4v) is 2.69. The Labute approximate surface area is 81.9 Å². The van der Waals surface area contributed by atoms with Crippen LogP contribution in [0.4, 0.5) is 0 Å². The summed E-state index contributed by atoms with van der Waals surface area (Å²) >= 11 is 0. The predicted octanol–water partition coefficient (Wildman–Crippen LogP) is 3.52. The van der Waals surface area contributed by atoms with E-state index in [4.69, 9.17) is 4.74 Å². The number of rotatable bonds is 5. The van der Waals surface area contributed by atoms with E-state index in [1.54, 1.807) is 0 Å². The van der Waals surface area contributed by atoms with Crippen LogP contribution in [0.25, 0.3) is 0 Å². The van der Waals surface area contributed by atoms with E-state index in [1.165, 1.54) is 51.4 Å². The van der Waals surface area contributed by atoms with E-state index in [9.17, 15) is 0 Å². The first-order valence-corrected chi connectivity index (χ1v) is 6.07. The van der Waals surface area contributed by atoms with Crippen molar-refractivity contribution in [3.05, 3.63) is 0 Å². The molecule has 1 heterocycles. The topological polar surface area (TPSA) is 12.5 Å². The van der Waals surface area contributed by atoms with Gasteiger partial charge in [0.05, 0.1) is 12.2 Å². The molecule has 0 amide bonds. The number of hydrogen-bond donors (Lipinski definition) is 0. The molecule has 76 valence electrons. The third-order valence-corrected chi connectivity index (χ3v) is 3.58. The lowest BCUT2D eigenvalue weighted by atomic mass is 9.85. The summed E-state index contributed by atoms with van der Waals surface area (Å²) in [5.74, 6) is 0.926. The van der Waals surface area contributed by atoms with Gasteiger partial charge in [-0.25, -0.2) is 0 Å². The second-order valence-corrected chi connectivity index (χ2v) is 4.68. The van der Waals surface area contributed by atoms with Crippen LogP contribution in [-0.2, 0) is 4.74 Å². The van der Waals surface area contributed by atoms with Crippen molar-refractivity contribution in [1.29, 1.82) is 0 Å². The van der Waals surface area contributed by atoms with Gasteiger partial charge in [-0.1, -0.05) is 39.0 Å². The molecule has 13 heavy (non-hydrogen) atoms. The Morgan fingerprint density at radius 3 is 2.92 bits per heavy atom. The molecule has 1 saturated heterocycles. The van der Waals surface area contributed by atoms with Crippen LogP contribution in [0.1, 0.15) is 58.3 Å². The smallest absolute Gasteiger partial charge is 0.0869 e. The Morgan fingerprint density at radius 1 is 1.15 bits per heavy atom. The summed E-state index contributed by atoms with van der Waals surface area (Å²) in [6.45, 7) is 2.28. The standard InChI is InChI=1S/C12H22O/c1-2-3-4-5-7-10-8-6-9-11-12(10)13-11/h10-12H,2-9H2,1H3/t10-,11+,12-/m1/s1. The first-order chi connectivity index (χ1) is 6.42. The molecule has 2 fully saturated rings. The van der Waals surface area contributed by atoms with E-state index in [2.05, 4.69) is 6.92 Å².